The Morgan fingerprint density at radius 3 is 3.14 bits per heavy atom. The van der Waals surface area contributed by atoms with Gasteiger partial charge in [-0.3, -0.25) is 9.59 Å². The number of aromatic amines is 1. The zero-order chi connectivity index (χ0) is 15.4. The number of amides is 1. The molecule has 6 heteroatoms. The molecule has 0 spiro atoms. The molecule has 1 aromatic rings. The van der Waals surface area contributed by atoms with Gasteiger partial charge in [-0.15, -0.1) is 0 Å². The van der Waals surface area contributed by atoms with Gasteiger partial charge in [-0.1, -0.05) is 12.2 Å². The van der Waals surface area contributed by atoms with Gasteiger partial charge >= 0.3 is 0 Å². The molecule has 0 unspecified atom stereocenters. The summed E-state index contributed by atoms with van der Waals surface area (Å²) < 4.78 is 0. The van der Waals surface area contributed by atoms with Crippen LogP contribution in [0.1, 0.15) is 32.1 Å². The normalized spacial score (nSPS) is 24.5. The number of nitrogens with zero attached hydrogens (tertiary/aromatic N) is 2. The Hall–Kier alpha value is -2.11. The molecule has 1 amide bonds. The van der Waals surface area contributed by atoms with Crippen molar-refractivity contribution < 1.29 is 4.79 Å². The first-order valence-corrected chi connectivity index (χ1v) is 7.97. The van der Waals surface area contributed by atoms with Crippen molar-refractivity contribution in [2.24, 2.45) is 5.92 Å². The Labute approximate surface area is 129 Å². The van der Waals surface area contributed by atoms with Gasteiger partial charge in [0.15, 0.2) is 5.82 Å². The predicted octanol–water partition coefficient (Wildman–Crippen LogP) is 1.21. The molecule has 0 radical (unpaired) electrons. The molecule has 6 nitrogen and oxygen atoms in total. The molecule has 1 aliphatic carbocycles. The summed E-state index contributed by atoms with van der Waals surface area (Å²) in [6, 6.07) is 0.0908. The lowest BCUT2D eigenvalue weighted by Gasteiger charge is -2.33. The predicted molar refractivity (Wildman–Crippen MR) is 84.7 cm³/mol. The highest BCUT2D eigenvalue weighted by Gasteiger charge is 2.24. The van der Waals surface area contributed by atoms with Crippen LogP contribution in [0.3, 0.4) is 0 Å². The van der Waals surface area contributed by atoms with Crippen molar-refractivity contribution in [1.82, 2.24) is 15.3 Å². The second kappa shape index (κ2) is 6.77. The number of carbonyl (C=O) groups excluding carboxylic acids is 1. The van der Waals surface area contributed by atoms with E-state index in [1.807, 2.05) is 4.90 Å². The number of carbonyl (C=O) groups is 1. The van der Waals surface area contributed by atoms with E-state index in [0.717, 1.165) is 32.2 Å². The Kier molecular flexibility index (Phi) is 4.56. The zero-order valence-electron chi connectivity index (χ0n) is 12.6. The van der Waals surface area contributed by atoms with Crippen LogP contribution in [0.5, 0.6) is 0 Å². The highest BCUT2D eigenvalue weighted by atomic mass is 16.1. The molecule has 0 saturated carbocycles. The van der Waals surface area contributed by atoms with Crippen LogP contribution in [0.15, 0.2) is 29.3 Å². The van der Waals surface area contributed by atoms with E-state index in [1.54, 1.807) is 6.20 Å². The number of rotatable bonds is 4. The summed E-state index contributed by atoms with van der Waals surface area (Å²) in [5.41, 5.74) is -0.175. The average Bonchev–Trinajstić information content (AvgIpc) is 3.00. The number of hydrogen-bond donors (Lipinski definition) is 2. The summed E-state index contributed by atoms with van der Waals surface area (Å²) in [5.74, 6) is 0.942. The maximum Gasteiger partial charge on any atom is 0.290 e. The minimum Gasteiger partial charge on any atom is -0.352 e. The molecule has 0 aromatic carbocycles. The van der Waals surface area contributed by atoms with Crippen molar-refractivity contribution in [3.8, 4) is 0 Å². The summed E-state index contributed by atoms with van der Waals surface area (Å²) >= 11 is 0. The summed E-state index contributed by atoms with van der Waals surface area (Å²) in [4.78, 5) is 32.7. The lowest BCUT2D eigenvalue weighted by atomic mass is 10.0. The van der Waals surface area contributed by atoms with Gasteiger partial charge in [0.25, 0.3) is 5.56 Å². The Bertz CT molecular complexity index is 610. The van der Waals surface area contributed by atoms with E-state index in [2.05, 4.69) is 27.4 Å². The molecule has 2 aliphatic rings. The van der Waals surface area contributed by atoms with Crippen molar-refractivity contribution in [3.63, 3.8) is 0 Å². The quantitative estimate of drug-likeness (QED) is 0.820. The maximum atomic E-state index is 12.1. The molecule has 2 atom stereocenters. The van der Waals surface area contributed by atoms with Gasteiger partial charge < -0.3 is 15.2 Å². The number of anilines is 1. The fourth-order valence-electron chi connectivity index (χ4n) is 3.25. The minimum atomic E-state index is -0.175. The fraction of sp³-hybridized carbons (Fsp3) is 0.562. The standard InChI is InChI=1S/C16H22N4O2/c21-14(10-12-4-1-2-5-12)19-13-6-3-9-20(11-13)15-16(22)18-8-7-17-15/h1,4,7-8,12-13H,2-3,5-6,9-11H2,(H,18,22)(H,19,21)/t12-,13-/m0/s1. The van der Waals surface area contributed by atoms with Crippen LogP contribution >= 0.6 is 0 Å². The van der Waals surface area contributed by atoms with E-state index in [-0.39, 0.29) is 17.5 Å². The second-order valence-electron chi connectivity index (χ2n) is 6.06. The van der Waals surface area contributed by atoms with E-state index in [0.29, 0.717) is 24.7 Å². The monoisotopic (exact) mass is 302 g/mol. The zero-order valence-corrected chi connectivity index (χ0v) is 12.6. The highest BCUT2D eigenvalue weighted by molar-refractivity contribution is 5.77. The first-order chi connectivity index (χ1) is 10.7. The van der Waals surface area contributed by atoms with Crippen LogP contribution in [-0.2, 0) is 4.79 Å². The van der Waals surface area contributed by atoms with Crippen LogP contribution in [0.2, 0.25) is 0 Å². The molecule has 118 valence electrons. The third-order valence-corrected chi connectivity index (χ3v) is 4.33. The van der Waals surface area contributed by atoms with Crippen LogP contribution in [0.4, 0.5) is 5.82 Å². The van der Waals surface area contributed by atoms with Gasteiger partial charge in [0.2, 0.25) is 5.91 Å². The molecular formula is C16H22N4O2. The summed E-state index contributed by atoms with van der Waals surface area (Å²) in [5, 5.41) is 3.11. The lowest BCUT2D eigenvalue weighted by molar-refractivity contribution is -0.122. The van der Waals surface area contributed by atoms with E-state index in [4.69, 9.17) is 0 Å². The number of H-pyrrole nitrogens is 1. The van der Waals surface area contributed by atoms with Crippen LogP contribution in [0.25, 0.3) is 0 Å². The molecule has 1 fully saturated rings. The summed E-state index contributed by atoms with van der Waals surface area (Å²) in [6.45, 7) is 1.45. The number of allylic oxidation sites excluding steroid dienone is 2. The second-order valence-corrected chi connectivity index (χ2v) is 6.06. The van der Waals surface area contributed by atoms with Gasteiger partial charge in [0, 0.05) is 37.9 Å². The Balaban J connectivity index is 1.56. The van der Waals surface area contributed by atoms with Crippen molar-refractivity contribution >= 4 is 11.7 Å². The van der Waals surface area contributed by atoms with Gasteiger partial charge in [0.1, 0.15) is 0 Å². The SMILES string of the molecule is O=C(C[C@H]1C=CCC1)N[C@H]1CCCN(c2ncc[nH]c2=O)C1. The van der Waals surface area contributed by atoms with Crippen molar-refractivity contribution in [3.05, 3.63) is 34.9 Å². The van der Waals surface area contributed by atoms with Gasteiger partial charge in [-0.25, -0.2) is 4.98 Å². The molecule has 1 saturated heterocycles. The number of piperidine rings is 1. The summed E-state index contributed by atoms with van der Waals surface area (Å²) in [7, 11) is 0. The van der Waals surface area contributed by atoms with Gasteiger partial charge in [-0.2, -0.15) is 0 Å². The van der Waals surface area contributed by atoms with Gasteiger partial charge in [0.05, 0.1) is 0 Å². The molecule has 1 aromatic heterocycles. The number of aromatic nitrogens is 2. The van der Waals surface area contributed by atoms with E-state index in [1.165, 1.54) is 6.20 Å². The molecule has 22 heavy (non-hydrogen) atoms. The lowest BCUT2D eigenvalue weighted by Crippen LogP contribution is -2.49. The van der Waals surface area contributed by atoms with E-state index >= 15 is 0 Å². The molecule has 0 bridgehead atoms. The average molecular weight is 302 g/mol. The summed E-state index contributed by atoms with van der Waals surface area (Å²) in [6.07, 6.45) is 12.0. The van der Waals surface area contributed by atoms with Crippen molar-refractivity contribution in [1.29, 1.82) is 0 Å². The van der Waals surface area contributed by atoms with Crippen LogP contribution < -0.4 is 15.8 Å². The van der Waals surface area contributed by atoms with Crippen molar-refractivity contribution in [2.75, 3.05) is 18.0 Å². The molecule has 2 heterocycles. The van der Waals surface area contributed by atoms with E-state index in [9.17, 15) is 9.59 Å². The van der Waals surface area contributed by atoms with Crippen LogP contribution in [-0.4, -0.2) is 35.0 Å². The molecule has 1 aliphatic heterocycles. The van der Waals surface area contributed by atoms with E-state index < -0.39 is 0 Å². The molecular weight excluding hydrogens is 280 g/mol. The number of hydrogen-bond acceptors (Lipinski definition) is 4. The minimum absolute atomic E-state index is 0.0908. The largest absolute Gasteiger partial charge is 0.352 e. The third-order valence-electron chi connectivity index (χ3n) is 4.33. The third kappa shape index (κ3) is 3.55. The smallest absolute Gasteiger partial charge is 0.290 e. The first-order valence-electron chi connectivity index (χ1n) is 7.97. The van der Waals surface area contributed by atoms with Gasteiger partial charge in [-0.05, 0) is 31.6 Å². The van der Waals surface area contributed by atoms with Crippen LogP contribution in [0, 0.1) is 5.92 Å². The maximum absolute atomic E-state index is 12.1. The number of nitrogens with one attached hydrogen (secondary N) is 2. The topological polar surface area (TPSA) is 78.1 Å². The highest BCUT2D eigenvalue weighted by Crippen LogP contribution is 2.20. The molecule has 2 N–H and O–H groups in total. The molecule has 3 rings (SSSR count). The first kappa shape index (κ1) is 14.8. The Morgan fingerprint density at radius 2 is 2.36 bits per heavy atom. The fourth-order valence-corrected chi connectivity index (χ4v) is 3.25. The Morgan fingerprint density at radius 1 is 1.45 bits per heavy atom. The van der Waals surface area contributed by atoms with Crippen molar-refractivity contribution in [2.45, 2.75) is 38.1 Å².